The lowest BCUT2D eigenvalue weighted by Gasteiger charge is -2.21. The number of hydrogen-bond acceptors (Lipinski definition) is 2. The van der Waals surface area contributed by atoms with Gasteiger partial charge in [-0.25, -0.2) is 0 Å². The van der Waals surface area contributed by atoms with Crippen LogP contribution >= 0.6 is 0 Å². The van der Waals surface area contributed by atoms with E-state index in [-0.39, 0.29) is 6.04 Å². The summed E-state index contributed by atoms with van der Waals surface area (Å²) >= 11 is 0. The van der Waals surface area contributed by atoms with Gasteiger partial charge in [0.15, 0.2) is 0 Å². The van der Waals surface area contributed by atoms with E-state index in [1.54, 1.807) is 6.92 Å². The maximum Gasteiger partial charge on any atom is 0.146 e. The van der Waals surface area contributed by atoms with E-state index in [0.717, 1.165) is 31.5 Å². The molecule has 12 heavy (non-hydrogen) atoms. The molecule has 0 N–H and O–H groups in total. The van der Waals surface area contributed by atoms with Crippen LogP contribution in [0.15, 0.2) is 12.2 Å². The van der Waals surface area contributed by atoms with Crippen LogP contribution in [-0.2, 0) is 4.79 Å². The zero-order valence-electron chi connectivity index (χ0n) is 7.97. The van der Waals surface area contributed by atoms with Crippen molar-refractivity contribution in [1.82, 2.24) is 4.90 Å². The molecule has 1 saturated heterocycles. The second-order valence-corrected chi connectivity index (χ2v) is 3.70. The van der Waals surface area contributed by atoms with Crippen molar-refractivity contribution in [3.05, 3.63) is 12.2 Å². The highest BCUT2D eigenvalue weighted by atomic mass is 16.1. The van der Waals surface area contributed by atoms with Gasteiger partial charge in [0.05, 0.1) is 6.04 Å². The molecule has 1 heterocycles. The number of carbonyl (C=O) groups is 1. The molecule has 0 unspecified atom stereocenters. The topological polar surface area (TPSA) is 20.3 Å². The molecule has 0 radical (unpaired) electrons. The summed E-state index contributed by atoms with van der Waals surface area (Å²) in [5, 5.41) is 0. The molecule has 0 aromatic carbocycles. The maximum atomic E-state index is 11.2. The Bertz CT molecular complexity index is 198. The molecule has 1 aliphatic rings. The van der Waals surface area contributed by atoms with Gasteiger partial charge in [-0.1, -0.05) is 12.2 Å². The number of rotatable bonds is 3. The molecule has 0 spiro atoms. The van der Waals surface area contributed by atoms with Crippen LogP contribution in [0.25, 0.3) is 0 Å². The Hall–Kier alpha value is -0.630. The van der Waals surface area contributed by atoms with Gasteiger partial charge in [0.1, 0.15) is 5.78 Å². The van der Waals surface area contributed by atoms with E-state index in [1.165, 1.54) is 0 Å². The van der Waals surface area contributed by atoms with Crippen LogP contribution in [0.5, 0.6) is 0 Å². The summed E-state index contributed by atoms with van der Waals surface area (Å²) in [6, 6.07) is 0.168. The van der Waals surface area contributed by atoms with E-state index in [2.05, 4.69) is 11.5 Å². The number of Topliss-reactive ketones (excluding diaryl/α,β-unsaturated/α-hetero) is 1. The third-order valence-electron chi connectivity index (χ3n) is 2.31. The molecule has 0 bridgehead atoms. The predicted molar refractivity (Wildman–Crippen MR) is 50.1 cm³/mol. The first-order valence-corrected chi connectivity index (χ1v) is 4.50. The van der Waals surface area contributed by atoms with Crippen LogP contribution in [0, 0.1) is 0 Å². The summed E-state index contributed by atoms with van der Waals surface area (Å²) in [4.78, 5) is 13.4. The molecule has 0 amide bonds. The fourth-order valence-electron chi connectivity index (χ4n) is 1.82. The van der Waals surface area contributed by atoms with Crippen molar-refractivity contribution >= 4 is 5.78 Å². The second kappa shape index (κ2) is 3.85. The molecular formula is C10H17NO. The molecule has 2 heteroatoms. The zero-order valence-corrected chi connectivity index (χ0v) is 7.97. The Balaban J connectivity index is 2.52. The minimum Gasteiger partial charge on any atom is -0.298 e. The second-order valence-electron chi connectivity index (χ2n) is 3.70. The monoisotopic (exact) mass is 167 g/mol. The van der Waals surface area contributed by atoms with E-state index in [4.69, 9.17) is 0 Å². The van der Waals surface area contributed by atoms with Gasteiger partial charge in [-0.2, -0.15) is 0 Å². The lowest BCUT2D eigenvalue weighted by Crippen LogP contribution is -2.35. The molecule has 0 aromatic heterocycles. The van der Waals surface area contributed by atoms with Gasteiger partial charge in [0.25, 0.3) is 0 Å². The van der Waals surface area contributed by atoms with E-state index < -0.39 is 0 Å². The quantitative estimate of drug-likeness (QED) is 0.595. The fourth-order valence-corrected chi connectivity index (χ4v) is 1.82. The zero-order chi connectivity index (χ0) is 9.14. The van der Waals surface area contributed by atoms with Crippen LogP contribution in [-0.4, -0.2) is 29.8 Å². The number of carbonyl (C=O) groups excluding carboxylic acids is 1. The molecule has 1 rings (SSSR count). The first kappa shape index (κ1) is 9.46. The van der Waals surface area contributed by atoms with Crippen LogP contribution in [0.3, 0.4) is 0 Å². The first-order chi connectivity index (χ1) is 5.61. The van der Waals surface area contributed by atoms with Gasteiger partial charge >= 0.3 is 0 Å². The Morgan fingerprint density at radius 2 is 2.25 bits per heavy atom. The lowest BCUT2D eigenvalue weighted by atomic mass is 10.1. The summed E-state index contributed by atoms with van der Waals surface area (Å²) in [5.74, 6) is 0.300. The minimum absolute atomic E-state index is 0.168. The molecule has 1 atom stereocenters. The van der Waals surface area contributed by atoms with Gasteiger partial charge in [0.2, 0.25) is 0 Å². The third-order valence-corrected chi connectivity index (χ3v) is 2.31. The fraction of sp³-hybridized carbons (Fsp3) is 0.700. The minimum atomic E-state index is 0.168. The van der Waals surface area contributed by atoms with E-state index in [1.807, 2.05) is 6.92 Å². The maximum absolute atomic E-state index is 11.2. The smallest absolute Gasteiger partial charge is 0.146 e. The third kappa shape index (κ3) is 2.18. The Kier molecular flexibility index (Phi) is 3.04. The number of ketones is 1. The van der Waals surface area contributed by atoms with Crippen molar-refractivity contribution < 1.29 is 4.79 Å². The summed E-state index contributed by atoms with van der Waals surface area (Å²) in [6.45, 7) is 9.48. The van der Waals surface area contributed by atoms with E-state index in [9.17, 15) is 4.79 Å². The van der Waals surface area contributed by atoms with Gasteiger partial charge in [0, 0.05) is 6.54 Å². The Labute approximate surface area is 74.2 Å². The highest BCUT2D eigenvalue weighted by Gasteiger charge is 2.27. The molecular weight excluding hydrogens is 150 g/mol. The molecule has 0 aliphatic carbocycles. The molecule has 0 aromatic rings. The van der Waals surface area contributed by atoms with Crippen molar-refractivity contribution in [2.24, 2.45) is 0 Å². The number of nitrogens with zero attached hydrogens (tertiary/aromatic N) is 1. The molecule has 1 fully saturated rings. The molecule has 0 saturated carbocycles. The highest BCUT2D eigenvalue weighted by Crippen LogP contribution is 2.18. The van der Waals surface area contributed by atoms with Crippen LogP contribution in [0.4, 0.5) is 0 Å². The number of likely N-dealkylation sites (tertiary alicyclic amines) is 1. The highest BCUT2D eigenvalue weighted by molar-refractivity contribution is 5.81. The normalized spacial score (nSPS) is 24.3. The molecule has 68 valence electrons. The molecule has 2 nitrogen and oxygen atoms in total. The summed E-state index contributed by atoms with van der Waals surface area (Å²) in [7, 11) is 0. The first-order valence-electron chi connectivity index (χ1n) is 4.50. The summed E-state index contributed by atoms with van der Waals surface area (Å²) < 4.78 is 0. The van der Waals surface area contributed by atoms with Crippen molar-refractivity contribution in [3.8, 4) is 0 Å². The van der Waals surface area contributed by atoms with Crippen molar-refractivity contribution in [2.45, 2.75) is 32.7 Å². The molecule has 1 aliphatic heterocycles. The van der Waals surface area contributed by atoms with E-state index in [0.29, 0.717) is 5.78 Å². The van der Waals surface area contributed by atoms with Crippen molar-refractivity contribution in [1.29, 1.82) is 0 Å². The largest absolute Gasteiger partial charge is 0.298 e. The Morgan fingerprint density at radius 3 is 2.75 bits per heavy atom. The summed E-state index contributed by atoms with van der Waals surface area (Å²) in [6.07, 6.45) is 2.18. The lowest BCUT2D eigenvalue weighted by molar-refractivity contribution is -0.121. The standard InChI is InChI=1S/C10H17NO/c1-8(2)7-11-6-4-5-10(11)9(3)12/h10H,1,4-7H2,2-3H3/t10-/m0/s1. The Morgan fingerprint density at radius 1 is 1.58 bits per heavy atom. The van der Waals surface area contributed by atoms with Gasteiger partial charge in [-0.3, -0.25) is 9.69 Å². The van der Waals surface area contributed by atoms with Crippen LogP contribution < -0.4 is 0 Å². The SMILES string of the molecule is C=C(C)CN1CCC[C@H]1C(C)=O. The van der Waals surface area contributed by atoms with Crippen molar-refractivity contribution in [3.63, 3.8) is 0 Å². The van der Waals surface area contributed by atoms with Crippen molar-refractivity contribution in [2.75, 3.05) is 13.1 Å². The average molecular weight is 167 g/mol. The van der Waals surface area contributed by atoms with Crippen LogP contribution in [0.2, 0.25) is 0 Å². The van der Waals surface area contributed by atoms with E-state index >= 15 is 0 Å². The van der Waals surface area contributed by atoms with Gasteiger partial charge in [-0.05, 0) is 33.2 Å². The van der Waals surface area contributed by atoms with Gasteiger partial charge < -0.3 is 0 Å². The summed E-state index contributed by atoms with van der Waals surface area (Å²) in [5.41, 5.74) is 1.14. The predicted octanol–water partition coefficient (Wildman–Crippen LogP) is 1.62. The average Bonchev–Trinajstić information content (AvgIpc) is 2.33. The van der Waals surface area contributed by atoms with Crippen LogP contribution in [0.1, 0.15) is 26.7 Å². The number of hydrogen-bond donors (Lipinski definition) is 0. The van der Waals surface area contributed by atoms with Gasteiger partial charge in [-0.15, -0.1) is 0 Å².